The fourth-order valence-electron chi connectivity index (χ4n) is 6.88. The summed E-state index contributed by atoms with van der Waals surface area (Å²) in [4.78, 5) is 40.5. The minimum Gasteiger partial charge on any atom is -0.482 e. The number of amides is 2. The summed E-state index contributed by atoms with van der Waals surface area (Å²) in [5, 5.41) is 10.3. The Balaban J connectivity index is 1.11. The zero-order chi connectivity index (χ0) is 38.0. The predicted octanol–water partition coefficient (Wildman–Crippen LogP) is 5.45. The number of aliphatic hydroxyl groups is 1. The Kier molecular flexibility index (Phi) is 13.4. The zero-order valence-electron chi connectivity index (χ0n) is 30.6. The Morgan fingerprint density at radius 2 is 1.44 bits per heavy atom. The Labute approximate surface area is 315 Å². The molecule has 0 aliphatic carbocycles. The van der Waals surface area contributed by atoms with Crippen molar-refractivity contribution >= 4 is 17.8 Å². The standard InChI is InChI=1S/C42H47NO11/c1-27(40(46)43-28(2)36(54-42(43)47)31-18-11-6-12-19-31)35-33(45)22-21-32(52-35)20-13-23-49-39-38(51-26-30-16-9-5-10-17-30)37(34(24-44)53-41(39)48-3)50-25-29-14-7-4-8-15-29/h4-12,14-22,27-28,34-39,41,44H,13,23-26H2,1-3H3. The molecule has 9 unspecified atom stereocenters. The molecule has 54 heavy (non-hydrogen) atoms. The van der Waals surface area contributed by atoms with Crippen LogP contribution >= 0.6 is 0 Å². The van der Waals surface area contributed by atoms with Gasteiger partial charge < -0.3 is 38.3 Å². The Bertz CT molecular complexity index is 1750. The number of cyclic esters (lactones) is 1. The zero-order valence-corrected chi connectivity index (χ0v) is 30.6. The fourth-order valence-corrected chi connectivity index (χ4v) is 6.88. The van der Waals surface area contributed by atoms with Gasteiger partial charge in [0.2, 0.25) is 5.91 Å². The molecule has 0 aromatic heterocycles. The van der Waals surface area contributed by atoms with Gasteiger partial charge in [-0.15, -0.1) is 0 Å². The van der Waals surface area contributed by atoms with E-state index < -0.39 is 66.9 Å². The maximum Gasteiger partial charge on any atom is 0.417 e. The molecule has 3 aromatic rings. The van der Waals surface area contributed by atoms with Crippen molar-refractivity contribution in [2.75, 3.05) is 20.3 Å². The summed E-state index contributed by atoms with van der Waals surface area (Å²) in [5.41, 5.74) is 2.68. The van der Waals surface area contributed by atoms with Crippen molar-refractivity contribution in [3.05, 3.63) is 132 Å². The van der Waals surface area contributed by atoms with Gasteiger partial charge in [0.1, 0.15) is 36.3 Å². The van der Waals surface area contributed by atoms with Crippen LogP contribution in [0.5, 0.6) is 0 Å². The molecule has 9 atom stereocenters. The maximum absolute atomic E-state index is 13.6. The minimum atomic E-state index is -1.14. The van der Waals surface area contributed by atoms with Gasteiger partial charge in [-0.1, -0.05) is 91.0 Å². The lowest BCUT2D eigenvalue weighted by molar-refractivity contribution is -0.319. The molecule has 2 saturated heterocycles. The monoisotopic (exact) mass is 741 g/mol. The molecule has 12 nitrogen and oxygen atoms in total. The number of carbonyl (C=O) groups excluding carboxylic acids is 3. The van der Waals surface area contributed by atoms with E-state index in [0.717, 1.165) is 21.6 Å². The van der Waals surface area contributed by atoms with Crippen LogP contribution in [0.2, 0.25) is 0 Å². The van der Waals surface area contributed by atoms with Gasteiger partial charge in [-0.2, -0.15) is 0 Å². The van der Waals surface area contributed by atoms with Crippen molar-refractivity contribution < 1.29 is 52.6 Å². The molecule has 0 saturated carbocycles. The molecule has 3 aliphatic rings. The number of allylic oxidation sites excluding steroid dienone is 1. The van der Waals surface area contributed by atoms with Gasteiger partial charge in [-0.3, -0.25) is 9.59 Å². The molecule has 0 spiro atoms. The van der Waals surface area contributed by atoms with Gasteiger partial charge in [-0.25, -0.2) is 9.69 Å². The molecule has 0 bridgehead atoms. The number of nitrogens with zero attached hydrogens (tertiary/aromatic N) is 1. The molecule has 2 amide bonds. The molecular weight excluding hydrogens is 694 g/mol. The Hall–Kier alpha value is -4.69. The smallest absolute Gasteiger partial charge is 0.417 e. The molecule has 1 N–H and O–H groups in total. The van der Waals surface area contributed by atoms with Crippen molar-refractivity contribution in [3.8, 4) is 0 Å². The largest absolute Gasteiger partial charge is 0.482 e. The highest BCUT2D eigenvalue weighted by Gasteiger charge is 2.49. The van der Waals surface area contributed by atoms with Crippen LogP contribution in [0, 0.1) is 5.92 Å². The number of carbonyl (C=O) groups is 3. The second-order valence-electron chi connectivity index (χ2n) is 13.4. The lowest BCUT2D eigenvalue weighted by Gasteiger charge is -2.45. The van der Waals surface area contributed by atoms with Crippen LogP contribution in [0.15, 0.2) is 115 Å². The third kappa shape index (κ3) is 9.15. The minimum absolute atomic E-state index is 0.181. The second-order valence-corrected chi connectivity index (χ2v) is 13.4. The quantitative estimate of drug-likeness (QED) is 0.199. The number of ketones is 1. The van der Waals surface area contributed by atoms with Crippen LogP contribution in [0.1, 0.15) is 43.1 Å². The molecule has 3 aliphatic heterocycles. The first-order chi connectivity index (χ1) is 26.3. The first kappa shape index (κ1) is 39.0. The summed E-state index contributed by atoms with van der Waals surface area (Å²) in [6.07, 6.45) is -1.21. The van der Waals surface area contributed by atoms with Crippen LogP contribution < -0.4 is 0 Å². The highest BCUT2D eigenvalue weighted by Crippen LogP contribution is 2.35. The van der Waals surface area contributed by atoms with E-state index in [9.17, 15) is 19.5 Å². The number of benzene rings is 3. The van der Waals surface area contributed by atoms with Crippen LogP contribution in [0.25, 0.3) is 0 Å². The molecule has 2 fully saturated rings. The van der Waals surface area contributed by atoms with Gasteiger partial charge in [0.05, 0.1) is 38.4 Å². The summed E-state index contributed by atoms with van der Waals surface area (Å²) in [6, 6.07) is 28.0. The lowest BCUT2D eigenvalue weighted by Crippen LogP contribution is -2.61. The van der Waals surface area contributed by atoms with E-state index in [1.165, 1.54) is 13.2 Å². The molecule has 0 radical (unpaired) electrons. The number of ether oxygens (including phenoxy) is 7. The van der Waals surface area contributed by atoms with Crippen LogP contribution in [-0.4, -0.2) is 91.0 Å². The van der Waals surface area contributed by atoms with Gasteiger partial charge in [0, 0.05) is 7.11 Å². The van der Waals surface area contributed by atoms with Gasteiger partial charge in [0.15, 0.2) is 18.2 Å². The number of methoxy groups -OCH3 is 1. The first-order valence-corrected chi connectivity index (χ1v) is 18.2. The van der Waals surface area contributed by atoms with E-state index in [-0.39, 0.29) is 32.2 Å². The molecule has 6 rings (SSSR count). The normalized spacial score (nSPS) is 28.1. The van der Waals surface area contributed by atoms with E-state index in [0.29, 0.717) is 12.2 Å². The second kappa shape index (κ2) is 18.6. The summed E-state index contributed by atoms with van der Waals surface area (Å²) in [6.45, 7) is 3.70. The van der Waals surface area contributed by atoms with Crippen LogP contribution in [0.3, 0.4) is 0 Å². The molecule has 3 heterocycles. The van der Waals surface area contributed by atoms with Crippen molar-refractivity contribution in [1.29, 1.82) is 0 Å². The van der Waals surface area contributed by atoms with Crippen LogP contribution in [0.4, 0.5) is 4.79 Å². The van der Waals surface area contributed by atoms with Crippen molar-refractivity contribution in [1.82, 2.24) is 4.90 Å². The summed E-state index contributed by atoms with van der Waals surface area (Å²) < 4.78 is 42.6. The highest BCUT2D eigenvalue weighted by molar-refractivity contribution is 6.01. The average Bonchev–Trinajstić information content (AvgIpc) is 3.51. The van der Waals surface area contributed by atoms with Gasteiger partial charge >= 0.3 is 6.09 Å². The number of rotatable bonds is 15. The predicted molar refractivity (Wildman–Crippen MR) is 195 cm³/mol. The van der Waals surface area contributed by atoms with Gasteiger partial charge in [-0.05, 0) is 55.2 Å². The third-order valence-electron chi connectivity index (χ3n) is 9.78. The van der Waals surface area contributed by atoms with Crippen molar-refractivity contribution in [2.45, 2.75) is 82.4 Å². The van der Waals surface area contributed by atoms with Crippen molar-refractivity contribution in [2.24, 2.45) is 5.92 Å². The molecular formula is C42H47NO11. The van der Waals surface area contributed by atoms with E-state index in [1.807, 2.05) is 91.0 Å². The molecule has 12 heteroatoms. The number of hydrogen-bond donors (Lipinski definition) is 1. The fraction of sp³-hybridized carbons (Fsp3) is 0.405. The maximum atomic E-state index is 13.6. The van der Waals surface area contributed by atoms with E-state index in [4.69, 9.17) is 33.2 Å². The summed E-state index contributed by atoms with van der Waals surface area (Å²) >= 11 is 0. The molecule has 3 aromatic carbocycles. The Morgan fingerprint density at radius 1 is 0.833 bits per heavy atom. The number of hydrogen-bond acceptors (Lipinski definition) is 11. The van der Waals surface area contributed by atoms with Crippen molar-refractivity contribution in [3.63, 3.8) is 0 Å². The third-order valence-corrected chi connectivity index (χ3v) is 9.78. The SMILES string of the molecule is COC1OC(CO)C(OCc2ccccc2)C(OCc2ccccc2)C1OCCC=C1C=CC(=O)C(C(C)C(=O)N2C(=O)OC(c3ccccc3)C2C)O1. The Morgan fingerprint density at radius 3 is 2.06 bits per heavy atom. The van der Waals surface area contributed by atoms with Gasteiger partial charge in [0.25, 0.3) is 0 Å². The van der Waals surface area contributed by atoms with Crippen LogP contribution in [-0.2, 0) is 56.0 Å². The summed E-state index contributed by atoms with van der Waals surface area (Å²) in [7, 11) is 1.50. The first-order valence-electron chi connectivity index (χ1n) is 18.2. The van der Waals surface area contributed by atoms with E-state index in [2.05, 4.69) is 0 Å². The molecule has 286 valence electrons. The number of aliphatic hydroxyl groups excluding tert-OH is 1. The average molecular weight is 742 g/mol. The number of imide groups is 1. The lowest BCUT2D eigenvalue weighted by atomic mass is 9.95. The summed E-state index contributed by atoms with van der Waals surface area (Å²) in [5.74, 6) is -1.53. The topological polar surface area (TPSA) is 139 Å². The highest BCUT2D eigenvalue weighted by atomic mass is 16.7. The van der Waals surface area contributed by atoms with E-state index >= 15 is 0 Å². The van der Waals surface area contributed by atoms with E-state index in [1.54, 1.807) is 26.0 Å².